The Morgan fingerprint density at radius 3 is 2.26 bits per heavy atom. The highest BCUT2D eigenvalue weighted by Crippen LogP contribution is 2.07. The summed E-state index contributed by atoms with van der Waals surface area (Å²) in [5.41, 5.74) is 3.13. The normalized spacial score (nSPS) is 11.7. The summed E-state index contributed by atoms with van der Waals surface area (Å²) in [4.78, 5) is 23.4. The molecule has 1 amide bonds. The van der Waals surface area contributed by atoms with Crippen molar-refractivity contribution in [3.8, 4) is 0 Å². The van der Waals surface area contributed by atoms with Crippen LogP contribution in [0.3, 0.4) is 0 Å². The standard InChI is InChI=1S/C19H21NO3/c1-14-7-9-15(10-8-14)11-12-18(21)20-17(19(22)23)13-16-5-3-2-4-6-16/h2-10,17H,11-13H2,1H3,(H,20,21)(H,22,23). The molecule has 0 saturated heterocycles. The molecule has 0 aromatic heterocycles. The van der Waals surface area contributed by atoms with Gasteiger partial charge in [0.25, 0.3) is 0 Å². The van der Waals surface area contributed by atoms with Crippen LogP contribution in [0.5, 0.6) is 0 Å². The number of hydrogen-bond acceptors (Lipinski definition) is 2. The van der Waals surface area contributed by atoms with Crippen molar-refractivity contribution in [2.75, 3.05) is 0 Å². The van der Waals surface area contributed by atoms with E-state index in [1.165, 1.54) is 5.56 Å². The largest absolute Gasteiger partial charge is 0.480 e. The molecule has 2 aromatic carbocycles. The van der Waals surface area contributed by atoms with Gasteiger partial charge in [-0.05, 0) is 24.5 Å². The lowest BCUT2D eigenvalue weighted by Gasteiger charge is -2.14. The molecule has 0 aliphatic carbocycles. The summed E-state index contributed by atoms with van der Waals surface area (Å²) in [5, 5.41) is 11.9. The summed E-state index contributed by atoms with van der Waals surface area (Å²) in [6, 6.07) is 16.4. The Morgan fingerprint density at radius 1 is 1.00 bits per heavy atom. The van der Waals surface area contributed by atoms with E-state index in [1.807, 2.05) is 61.5 Å². The van der Waals surface area contributed by atoms with Crippen LogP contribution in [-0.4, -0.2) is 23.0 Å². The first kappa shape index (κ1) is 16.7. The van der Waals surface area contributed by atoms with Gasteiger partial charge in [0.2, 0.25) is 5.91 Å². The summed E-state index contributed by atoms with van der Waals surface area (Å²) in [6.07, 6.45) is 1.16. The van der Waals surface area contributed by atoms with Gasteiger partial charge in [-0.25, -0.2) is 4.79 Å². The number of carbonyl (C=O) groups excluding carboxylic acids is 1. The first-order valence-corrected chi connectivity index (χ1v) is 7.66. The molecule has 1 unspecified atom stereocenters. The smallest absolute Gasteiger partial charge is 0.326 e. The first-order valence-electron chi connectivity index (χ1n) is 7.66. The summed E-state index contributed by atoms with van der Waals surface area (Å²) >= 11 is 0. The highest BCUT2D eigenvalue weighted by molar-refractivity contribution is 5.83. The summed E-state index contributed by atoms with van der Waals surface area (Å²) in [7, 11) is 0. The maximum Gasteiger partial charge on any atom is 0.326 e. The second kappa shape index (κ2) is 8.13. The van der Waals surface area contributed by atoms with Gasteiger partial charge in [-0.1, -0.05) is 60.2 Å². The van der Waals surface area contributed by atoms with E-state index in [9.17, 15) is 14.7 Å². The van der Waals surface area contributed by atoms with Crippen molar-refractivity contribution in [2.45, 2.75) is 32.2 Å². The fourth-order valence-electron chi connectivity index (χ4n) is 2.33. The van der Waals surface area contributed by atoms with Crippen LogP contribution in [0.1, 0.15) is 23.1 Å². The van der Waals surface area contributed by atoms with Crippen LogP contribution in [0.4, 0.5) is 0 Å². The number of benzene rings is 2. The van der Waals surface area contributed by atoms with Crippen molar-refractivity contribution in [3.63, 3.8) is 0 Å². The molecule has 4 nitrogen and oxygen atoms in total. The third kappa shape index (κ3) is 5.58. The molecule has 2 aromatic rings. The Balaban J connectivity index is 1.88. The van der Waals surface area contributed by atoms with Crippen LogP contribution in [-0.2, 0) is 22.4 Å². The summed E-state index contributed by atoms with van der Waals surface area (Å²) < 4.78 is 0. The number of aryl methyl sites for hydroxylation is 2. The van der Waals surface area contributed by atoms with Gasteiger partial charge in [-0.3, -0.25) is 4.79 Å². The van der Waals surface area contributed by atoms with E-state index in [2.05, 4.69) is 5.32 Å². The molecule has 0 aliphatic heterocycles. The number of amides is 1. The topological polar surface area (TPSA) is 66.4 Å². The zero-order valence-electron chi connectivity index (χ0n) is 13.2. The quantitative estimate of drug-likeness (QED) is 0.826. The molecule has 0 radical (unpaired) electrons. The molecule has 2 N–H and O–H groups in total. The molecule has 0 spiro atoms. The number of nitrogens with one attached hydrogen (secondary N) is 1. The zero-order valence-corrected chi connectivity index (χ0v) is 13.2. The molecule has 0 heterocycles. The van der Waals surface area contributed by atoms with Gasteiger partial charge in [-0.2, -0.15) is 0 Å². The second-order valence-corrected chi connectivity index (χ2v) is 5.63. The van der Waals surface area contributed by atoms with Crippen molar-refractivity contribution in [1.29, 1.82) is 0 Å². The molecule has 23 heavy (non-hydrogen) atoms. The van der Waals surface area contributed by atoms with E-state index in [-0.39, 0.29) is 18.7 Å². The molecule has 120 valence electrons. The number of carboxylic acid groups (broad SMARTS) is 1. The lowest BCUT2D eigenvalue weighted by molar-refractivity contribution is -0.141. The van der Waals surface area contributed by atoms with Crippen molar-refractivity contribution in [1.82, 2.24) is 5.32 Å². The highest BCUT2D eigenvalue weighted by atomic mass is 16.4. The average Bonchev–Trinajstić information content (AvgIpc) is 2.54. The Labute approximate surface area is 136 Å². The minimum atomic E-state index is -1.02. The lowest BCUT2D eigenvalue weighted by Crippen LogP contribution is -2.42. The van der Waals surface area contributed by atoms with Gasteiger partial charge >= 0.3 is 5.97 Å². The molecule has 0 saturated carbocycles. The van der Waals surface area contributed by atoms with Gasteiger partial charge in [0.15, 0.2) is 0 Å². The number of carbonyl (C=O) groups is 2. The van der Waals surface area contributed by atoms with Crippen LogP contribution in [0.15, 0.2) is 54.6 Å². The first-order chi connectivity index (χ1) is 11.0. The van der Waals surface area contributed by atoms with Crippen molar-refractivity contribution >= 4 is 11.9 Å². The molecule has 1 atom stereocenters. The lowest BCUT2D eigenvalue weighted by atomic mass is 10.0. The molecule has 4 heteroatoms. The predicted octanol–water partition coefficient (Wildman–Crippen LogP) is 2.74. The van der Waals surface area contributed by atoms with Gasteiger partial charge in [0.1, 0.15) is 6.04 Å². The van der Waals surface area contributed by atoms with Crippen molar-refractivity contribution in [2.24, 2.45) is 0 Å². The van der Waals surface area contributed by atoms with E-state index in [4.69, 9.17) is 0 Å². The van der Waals surface area contributed by atoms with E-state index in [1.54, 1.807) is 0 Å². The van der Waals surface area contributed by atoms with Crippen molar-refractivity contribution in [3.05, 3.63) is 71.3 Å². The van der Waals surface area contributed by atoms with E-state index < -0.39 is 12.0 Å². The van der Waals surface area contributed by atoms with Crippen molar-refractivity contribution < 1.29 is 14.7 Å². The molecular weight excluding hydrogens is 290 g/mol. The Bertz CT molecular complexity index is 650. The van der Waals surface area contributed by atoms with E-state index in [0.717, 1.165) is 11.1 Å². The number of carboxylic acids is 1. The van der Waals surface area contributed by atoms with E-state index >= 15 is 0 Å². The Morgan fingerprint density at radius 2 is 1.65 bits per heavy atom. The zero-order chi connectivity index (χ0) is 16.7. The predicted molar refractivity (Wildman–Crippen MR) is 89.2 cm³/mol. The fraction of sp³-hybridized carbons (Fsp3) is 0.263. The maximum atomic E-state index is 12.0. The minimum Gasteiger partial charge on any atom is -0.480 e. The Kier molecular flexibility index (Phi) is 5.92. The fourth-order valence-corrected chi connectivity index (χ4v) is 2.33. The third-order valence-corrected chi connectivity index (χ3v) is 3.68. The summed E-state index contributed by atoms with van der Waals surface area (Å²) in [6.45, 7) is 2.01. The van der Waals surface area contributed by atoms with Gasteiger partial charge in [0, 0.05) is 12.8 Å². The van der Waals surface area contributed by atoms with Crippen LogP contribution < -0.4 is 5.32 Å². The molecule has 0 aliphatic rings. The van der Waals surface area contributed by atoms with E-state index in [0.29, 0.717) is 6.42 Å². The number of aliphatic carboxylic acids is 1. The van der Waals surface area contributed by atoms with Crippen LogP contribution >= 0.6 is 0 Å². The minimum absolute atomic E-state index is 0.242. The number of rotatable bonds is 7. The molecule has 2 rings (SSSR count). The number of hydrogen-bond donors (Lipinski definition) is 2. The SMILES string of the molecule is Cc1ccc(CCC(=O)NC(Cc2ccccc2)C(=O)O)cc1. The van der Waals surface area contributed by atoms with Gasteiger partial charge < -0.3 is 10.4 Å². The second-order valence-electron chi connectivity index (χ2n) is 5.63. The third-order valence-electron chi connectivity index (χ3n) is 3.68. The average molecular weight is 311 g/mol. The van der Waals surface area contributed by atoms with Crippen LogP contribution in [0.2, 0.25) is 0 Å². The maximum absolute atomic E-state index is 12.0. The van der Waals surface area contributed by atoms with Gasteiger partial charge in [-0.15, -0.1) is 0 Å². The van der Waals surface area contributed by atoms with Crippen LogP contribution in [0, 0.1) is 6.92 Å². The highest BCUT2D eigenvalue weighted by Gasteiger charge is 2.20. The molecule has 0 fully saturated rings. The Hall–Kier alpha value is -2.62. The summed E-state index contributed by atoms with van der Waals surface area (Å²) in [5.74, 6) is -1.26. The molecular formula is C19H21NO3. The van der Waals surface area contributed by atoms with Gasteiger partial charge in [0.05, 0.1) is 0 Å². The monoisotopic (exact) mass is 311 g/mol. The molecule has 0 bridgehead atoms. The van der Waals surface area contributed by atoms with Crippen LogP contribution in [0.25, 0.3) is 0 Å².